The summed E-state index contributed by atoms with van der Waals surface area (Å²) >= 11 is 5.70. The van der Waals surface area contributed by atoms with Crippen molar-refractivity contribution in [2.45, 2.75) is 6.42 Å². The molecule has 2 aromatic carbocycles. The molecule has 0 saturated heterocycles. The normalized spacial score (nSPS) is 10.1. The Morgan fingerprint density at radius 3 is 2.45 bits per heavy atom. The van der Waals surface area contributed by atoms with Gasteiger partial charge in [-0.15, -0.1) is 0 Å². The number of rotatable bonds is 3. The van der Waals surface area contributed by atoms with E-state index in [1.807, 2.05) is 0 Å². The minimum Gasteiger partial charge on any atom is -0.505 e. The van der Waals surface area contributed by atoms with Gasteiger partial charge in [-0.1, -0.05) is 23.7 Å². The van der Waals surface area contributed by atoms with Crippen molar-refractivity contribution in [1.29, 1.82) is 0 Å². The largest absolute Gasteiger partial charge is 0.505 e. The van der Waals surface area contributed by atoms with Gasteiger partial charge in [-0.3, -0.25) is 20.4 Å². The van der Waals surface area contributed by atoms with Crippen molar-refractivity contribution >= 4 is 23.4 Å². The molecule has 5 nitrogen and oxygen atoms in total. The summed E-state index contributed by atoms with van der Waals surface area (Å²) in [5, 5.41) is 9.70. The number of benzene rings is 2. The van der Waals surface area contributed by atoms with Gasteiger partial charge in [0.05, 0.1) is 6.42 Å². The summed E-state index contributed by atoms with van der Waals surface area (Å²) in [4.78, 5) is 23.4. The molecule has 7 heteroatoms. The fraction of sp³-hybridized carbons (Fsp3) is 0.0667. The van der Waals surface area contributed by atoms with E-state index in [9.17, 15) is 19.1 Å². The molecule has 0 fully saturated rings. The standard InChI is InChI=1S/C15H12ClFN2O3/c16-11-6-4-9(5-7-11)15(22)19-18-13(21)8-10-2-1-3-12(20)14(10)17/h1-7,20H,8H2,(H,18,21)(H,19,22). The molecule has 3 N–H and O–H groups in total. The van der Waals surface area contributed by atoms with Crippen LogP contribution in [0.1, 0.15) is 15.9 Å². The molecule has 2 rings (SSSR count). The zero-order chi connectivity index (χ0) is 16.1. The second-order valence-corrected chi connectivity index (χ2v) is 4.87. The third-order valence-electron chi connectivity index (χ3n) is 2.83. The number of phenols is 1. The lowest BCUT2D eigenvalue weighted by molar-refractivity contribution is -0.121. The van der Waals surface area contributed by atoms with Gasteiger partial charge in [0.25, 0.3) is 5.91 Å². The number of carbonyl (C=O) groups is 2. The van der Waals surface area contributed by atoms with Gasteiger partial charge in [-0.05, 0) is 30.3 Å². The number of amides is 2. The third-order valence-corrected chi connectivity index (χ3v) is 3.08. The highest BCUT2D eigenvalue weighted by atomic mass is 35.5. The Hall–Kier alpha value is -2.60. The zero-order valence-electron chi connectivity index (χ0n) is 11.3. The van der Waals surface area contributed by atoms with Gasteiger partial charge in [-0.25, -0.2) is 4.39 Å². The monoisotopic (exact) mass is 322 g/mol. The van der Waals surface area contributed by atoms with Crippen LogP contribution in [0.5, 0.6) is 5.75 Å². The van der Waals surface area contributed by atoms with Crippen LogP contribution in [-0.4, -0.2) is 16.9 Å². The van der Waals surface area contributed by atoms with Crippen molar-refractivity contribution in [3.8, 4) is 5.75 Å². The molecule has 2 aromatic rings. The lowest BCUT2D eigenvalue weighted by Gasteiger charge is -2.08. The number of halogens is 2. The van der Waals surface area contributed by atoms with Crippen LogP contribution in [0, 0.1) is 5.82 Å². The first kappa shape index (κ1) is 15.8. The molecule has 114 valence electrons. The molecular weight excluding hydrogens is 311 g/mol. The Kier molecular flexibility index (Phi) is 4.95. The second-order valence-electron chi connectivity index (χ2n) is 4.44. The van der Waals surface area contributed by atoms with E-state index in [-0.39, 0.29) is 12.0 Å². The van der Waals surface area contributed by atoms with Gasteiger partial charge in [0.15, 0.2) is 11.6 Å². The highest BCUT2D eigenvalue weighted by molar-refractivity contribution is 6.30. The Morgan fingerprint density at radius 2 is 1.77 bits per heavy atom. The quantitative estimate of drug-likeness (QED) is 0.758. The molecule has 0 bridgehead atoms. The predicted molar refractivity (Wildman–Crippen MR) is 78.8 cm³/mol. The van der Waals surface area contributed by atoms with Crippen LogP contribution < -0.4 is 10.9 Å². The Balaban J connectivity index is 1.91. The number of phenolic OH excluding ortho intramolecular Hbond substituents is 1. The van der Waals surface area contributed by atoms with Gasteiger partial charge in [0.1, 0.15) is 0 Å². The maximum Gasteiger partial charge on any atom is 0.269 e. The highest BCUT2D eigenvalue weighted by Gasteiger charge is 2.12. The average Bonchev–Trinajstić information content (AvgIpc) is 2.50. The second kappa shape index (κ2) is 6.91. The fourth-order valence-corrected chi connectivity index (χ4v) is 1.85. The summed E-state index contributed by atoms with van der Waals surface area (Å²) in [6, 6.07) is 10.1. The number of hydrazine groups is 1. The van der Waals surface area contributed by atoms with Gasteiger partial charge < -0.3 is 5.11 Å². The Bertz CT molecular complexity index is 704. The number of aromatic hydroxyl groups is 1. The molecule has 0 spiro atoms. The minimum atomic E-state index is -0.860. The van der Waals surface area contributed by atoms with E-state index in [1.165, 1.54) is 30.3 Å². The molecule has 0 aliphatic rings. The van der Waals surface area contributed by atoms with Crippen molar-refractivity contribution in [2.24, 2.45) is 0 Å². The first-order valence-electron chi connectivity index (χ1n) is 6.28. The first-order valence-corrected chi connectivity index (χ1v) is 6.66. The first-order chi connectivity index (χ1) is 10.5. The van der Waals surface area contributed by atoms with E-state index < -0.39 is 23.4 Å². The summed E-state index contributed by atoms with van der Waals surface area (Å²) in [5.74, 6) is -2.54. The van der Waals surface area contributed by atoms with E-state index in [1.54, 1.807) is 12.1 Å². The lowest BCUT2D eigenvalue weighted by Crippen LogP contribution is -2.42. The highest BCUT2D eigenvalue weighted by Crippen LogP contribution is 2.18. The van der Waals surface area contributed by atoms with Crippen LogP contribution in [0.4, 0.5) is 4.39 Å². The molecule has 0 saturated carbocycles. The van der Waals surface area contributed by atoms with E-state index in [0.29, 0.717) is 10.6 Å². The van der Waals surface area contributed by atoms with Crippen LogP contribution in [0.3, 0.4) is 0 Å². The van der Waals surface area contributed by atoms with Crippen LogP contribution in [-0.2, 0) is 11.2 Å². The van der Waals surface area contributed by atoms with E-state index >= 15 is 0 Å². The van der Waals surface area contributed by atoms with E-state index in [2.05, 4.69) is 10.9 Å². The van der Waals surface area contributed by atoms with Crippen molar-refractivity contribution in [2.75, 3.05) is 0 Å². The Morgan fingerprint density at radius 1 is 1.09 bits per heavy atom. The fourth-order valence-electron chi connectivity index (χ4n) is 1.72. The SMILES string of the molecule is O=C(Cc1cccc(O)c1F)NNC(=O)c1ccc(Cl)cc1. The van der Waals surface area contributed by atoms with Gasteiger partial charge in [0, 0.05) is 16.1 Å². The minimum absolute atomic E-state index is 0.0261. The predicted octanol–water partition coefficient (Wildman–Crippen LogP) is 2.19. The summed E-state index contributed by atoms with van der Waals surface area (Å²) in [5.41, 5.74) is 4.72. The molecular formula is C15H12ClFN2O3. The maximum atomic E-state index is 13.5. The molecule has 0 unspecified atom stereocenters. The van der Waals surface area contributed by atoms with Gasteiger partial charge in [-0.2, -0.15) is 0 Å². The van der Waals surface area contributed by atoms with Crippen molar-refractivity contribution in [1.82, 2.24) is 10.9 Å². The smallest absolute Gasteiger partial charge is 0.269 e. The van der Waals surface area contributed by atoms with Gasteiger partial charge in [0.2, 0.25) is 5.91 Å². The van der Waals surface area contributed by atoms with Crippen molar-refractivity contribution in [3.05, 3.63) is 64.4 Å². The number of carbonyl (C=O) groups excluding carboxylic acids is 2. The number of hydrogen-bond acceptors (Lipinski definition) is 3. The van der Waals surface area contributed by atoms with E-state index in [4.69, 9.17) is 11.6 Å². The van der Waals surface area contributed by atoms with Crippen LogP contribution in [0.15, 0.2) is 42.5 Å². The summed E-state index contributed by atoms with van der Waals surface area (Å²) < 4.78 is 13.5. The molecule has 0 aliphatic carbocycles. The van der Waals surface area contributed by atoms with Crippen LogP contribution in [0.25, 0.3) is 0 Å². The molecule has 0 heterocycles. The molecule has 0 aromatic heterocycles. The number of hydrogen-bond donors (Lipinski definition) is 3. The Labute approximate surface area is 130 Å². The number of nitrogens with one attached hydrogen (secondary N) is 2. The average molecular weight is 323 g/mol. The van der Waals surface area contributed by atoms with Crippen molar-refractivity contribution in [3.63, 3.8) is 0 Å². The molecule has 0 radical (unpaired) electrons. The zero-order valence-corrected chi connectivity index (χ0v) is 12.0. The summed E-state index contributed by atoms with van der Waals surface area (Å²) in [7, 11) is 0. The molecule has 0 aliphatic heterocycles. The molecule has 2 amide bonds. The molecule has 0 atom stereocenters. The van der Waals surface area contributed by atoms with Crippen LogP contribution >= 0.6 is 11.6 Å². The maximum absolute atomic E-state index is 13.5. The summed E-state index contributed by atoms with van der Waals surface area (Å²) in [6.45, 7) is 0. The van der Waals surface area contributed by atoms with E-state index in [0.717, 1.165) is 0 Å². The topological polar surface area (TPSA) is 78.4 Å². The molecule has 22 heavy (non-hydrogen) atoms. The third kappa shape index (κ3) is 3.95. The summed E-state index contributed by atoms with van der Waals surface area (Å²) in [6.07, 6.45) is -0.318. The van der Waals surface area contributed by atoms with Gasteiger partial charge >= 0.3 is 0 Å². The van der Waals surface area contributed by atoms with Crippen molar-refractivity contribution < 1.29 is 19.1 Å². The van der Waals surface area contributed by atoms with Crippen LogP contribution in [0.2, 0.25) is 5.02 Å². The lowest BCUT2D eigenvalue weighted by atomic mass is 10.1.